The van der Waals surface area contributed by atoms with Crippen LogP contribution in [0.2, 0.25) is 0 Å². The Morgan fingerprint density at radius 3 is 3.11 bits per heavy atom. The number of carbonyl (C=O) groups excluding carboxylic acids is 1. The van der Waals surface area contributed by atoms with E-state index >= 15 is 0 Å². The smallest absolute Gasteiger partial charge is 0.265 e. The maximum absolute atomic E-state index is 12.2. The minimum Gasteiger partial charge on any atom is -0.382 e. The van der Waals surface area contributed by atoms with E-state index in [0.717, 1.165) is 31.1 Å². The minimum absolute atomic E-state index is 0.0788. The first-order valence-corrected chi connectivity index (χ1v) is 7.29. The summed E-state index contributed by atoms with van der Waals surface area (Å²) < 4.78 is 5.34. The van der Waals surface area contributed by atoms with E-state index in [1.54, 1.807) is 0 Å². The first kappa shape index (κ1) is 14.1. The Bertz CT molecular complexity index is 443. The maximum atomic E-state index is 12.2. The summed E-state index contributed by atoms with van der Waals surface area (Å²) in [5.41, 5.74) is 5.82. The molecule has 1 saturated heterocycles. The van der Waals surface area contributed by atoms with Gasteiger partial charge in [0.2, 0.25) is 0 Å². The van der Waals surface area contributed by atoms with Crippen LogP contribution >= 0.6 is 11.3 Å². The van der Waals surface area contributed by atoms with E-state index in [2.05, 4.69) is 10.3 Å². The molecule has 6 nitrogen and oxygen atoms in total. The minimum atomic E-state index is -0.152. The van der Waals surface area contributed by atoms with Crippen LogP contribution in [-0.2, 0) is 4.74 Å². The van der Waals surface area contributed by atoms with Crippen molar-refractivity contribution >= 4 is 28.2 Å². The molecule has 7 heteroatoms. The number of hydrogen-bond acceptors (Lipinski definition) is 6. The lowest BCUT2D eigenvalue weighted by Crippen LogP contribution is -2.40. The van der Waals surface area contributed by atoms with E-state index < -0.39 is 0 Å². The first-order valence-electron chi connectivity index (χ1n) is 6.47. The Hall–Kier alpha value is -1.34. The first-order chi connectivity index (χ1) is 9.11. The molecule has 1 fully saturated rings. The number of thiazole rings is 1. The van der Waals surface area contributed by atoms with E-state index in [0.29, 0.717) is 17.3 Å². The highest BCUT2D eigenvalue weighted by Gasteiger charge is 2.22. The molecule has 1 atom stereocenters. The van der Waals surface area contributed by atoms with E-state index in [1.807, 2.05) is 18.9 Å². The van der Waals surface area contributed by atoms with Crippen LogP contribution < -0.4 is 16.0 Å². The molecule has 1 aliphatic rings. The molecule has 1 aromatic heterocycles. The number of nitrogens with two attached hydrogens (primary N) is 1. The molecule has 1 aliphatic heterocycles. The van der Waals surface area contributed by atoms with Gasteiger partial charge < -0.3 is 20.7 Å². The van der Waals surface area contributed by atoms with Crippen LogP contribution in [-0.4, -0.2) is 43.7 Å². The van der Waals surface area contributed by atoms with Gasteiger partial charge in [0, 0.05) is 20.2 Å². The lowest BCUT2D eigenvalue weighted by atomic mass is 10.1. The lowest BCUT2D eigenvalue weighted by molar-refractivity contribution is 0.0626. The van der Waals surface area contributed by atoms with Crippen LogP contribution in [0, 0.1) is 0 Å². The summed E-state index contributed by atoms with van der Waals surface area (Å²) in [6.45, 7) is 4.20. The van der Waals surface area contributed by atoms with Gasteiger partial charge in [-0.05, 0) is 19.8 Å². The zero-order valence-corrected chi connectivity index (χ0v) is 12.1. The van der Waals surface area contributed by atoms with Crippen molar-refractivity contribution in [3.63, 3.8) is 0 Å². The Morgan fingerprint density at radius 1 is 1.68 bits per heavy atom. The number of ether oxygens (including phenoxy) is 1. The van der Waals surface area contributed by atoms with Crippen molar-refractivity contribution < 1.29 is 9.53 Å². The zero-order chi connectivity index (χ0) is 13.8. The SMILES string of the molecule is CCN(C)c1nc(N)c(C(=O)NC2CCCOC2)s1. The van der Waals surface area contributed by atoms with E-state index in [-0.39, 0.29) is 11.9 Å². The van der Waals surface area contributed by atoms with Crippen LogP contribution in [0.15, 0.2) is 0 Å². The van der Waals surface area contributed by atoms with E-state index in [1.165, 1.54) is 11.3 Å². The highest BCUT2D eigenvalue weighted by atomic mass is 32.1. The zero-order valence-electron chi connectivity index (χ0n) is 11.3. The van der Waals surface area contributed by atoms with Gasteiger partial charge in [-0.2, -0.15) is 0 Å². The summed E-state index contributed by atoms with van der Waals surface area (Å²) in [5, 5.41) is 3.72. The van der Waals surface area contributed by atoms with Gasteiger partial charge in [0.05, 0.1) is 12.6 Å². The third kappa shape index (κ3) is 3.36. The molecule has 0 aliphatic carbocycles. The normalized spacial score (nSPS) is 19.2. The maximum Gasteiger partial charge on any atom is 0.265 e. The van der Waals surface area contributed by atoms with Crippen molar-refractivity contribution in [2.24, 2.45) is 0 Å². The summed E-state index contributed by atoms with van der Waals surface area (Å²) in [5.74, 6) is 0.149. The average Bonchev–Trinajstić information content (AvgIpc) is 2.81. The molecule has 2 rings (SSSR count). The van der Waals surface area contributed by atoms with Gasteiger partial charge in [0.25, 0.3) is 5.91 Å². The number of aromatic nitrogens is 1. The standard InChI is InChI=1S/C12H20N4O2S/c1-3-16(2)12-15-10(13)9(19-12)11(17)14-8-5-4-6-18-7-8/h8H,3-7,13H2,1-2H3,(H,14,17). The fourth-order valence-electron chi connectivity index (χ4n) is 1.89. The predicted octanol–water partition coefficient (Wildman–Crippen LogP) is 1.09. The third-order valence-electron chi connectivity index (χ3n) is 3.14. The summed E-state index contributed by atoms with van der Waals surface area (Å²) in [4.78, 5) is 18.8. The van der Waals surface area contributed by atoms with Gasteiger partial charge in [-0.3, -0.25) is 4.79 Å². The number of nitrogen functional groups attached to an aromatic ring is 1. The Morgan fingerprint density at radius 2 is 2.47 bits per heavy atom. The molecule has 3 N–H and O–H groups in total. The van der Waals surface area contributed by atoms with Gasteiger partial charge in [-0.25, -0.2) is 4.98 Å². The monoisotopic (exact) mass is 284 g/mol. The number of rotatable bonds is 4. The summed E-state index contributed by atoms with van der Waals surface area (Å²) in [6, 6.07) is 0.0788. The lowest BCUT2D eigenvalue weighted by Gasteiger charge is -2.22. The van der Waals surface area contributed by atoms with Crippen LogP contribution in [0.3, 0.4) is 0 Å². The Balaban J connectivity index is 2.03. The van der Waals surface area contributed by atoms with Crippen LogP contribution in [0.1, 0.15) is 29.4 Å². The molecule has 2 heterocycles. The number of carbonyl (C=O) groups is 1. The fourth-order valence-corrected chi connectivity index (χ4v) is 2.80. The molecule has 0 bridgehead atoms. The van der Waals surface area contributed by atoms with Crippen molar-refractivity contribution in [3.8, 4) is 0 Å². The van der Waals surface area contributed by atoms with Gasteiger partial charge in [0.1, 0.15) is 10.7 Å². The van der Waals surface area contributed by atoms with Crippen molar-refractivity contribution in [1.82, 2.24) is 10.3 Å². The van der Waals surface area contributed by atoms with Crippen molar-refractivity contribution in [2.75, 3.05) is 37.4 Å². The molecule has 1 unspecified atom stereocenters. The number of nitrogens with one attached hydrogen (secondary N) is 1. The highest BCUT2D eigenvalue weighted by molar-refractivity contribution is 7.18. The van der Waals surface area contributed by atoms with Crippen molar-refractivity contribution in [2.45, 2.75) is 25.8 Å². The van der Waals surface area contributed by atoms with Crippen LogP contribution in [0.4, 0.5) is 10.9 Å². The van der Waals surface area contributed by atoms with Crippen molar-refractivity contribution in [3.05, 3.63) is 4.88 Å². The van der Waals surface area contributed by atoms with Crippen LogP contribution in [0.5, 0.6) is 0 Å². The molecule has 0 radical (unpaired) electrons. The molecule has 19 heavy (non-hydrogen) atoms. The molecule has 1 aromatic rings. The highest BCUT2D eigenvalue weighted by Crippen LogP contribution is 2.27. The van der Waals surface area contributed by atoms with E-state index in [9.17, 15) is 4.79 Å². The Labute approximate surface area is 116 Å². The van der Waals surface area contributed by atoms with Gasteiger partial charge in [0.15, 0.2) is 5.13 Å². The number of amides is 1. The molecule has 1 amide bonds. The summed E-state index contributed by atoms with van der Waals surface area (Å²) in [7, 11) is 1.93. The second kappa shape index (κ2) is 6.21. The quantitative estimate of drug-likeness (QED) is 0.865. The average molecular weight is 284 g/mol. The van der Waals surface area contributed by atoms with Gasteiger partial charge >= 0.3 is 0 Å². The molecular weight excluding hydrogens is 264 g/mol. The van der Waals surface area contributed by atoms with Gasteiger partial charge in [-0.1, -0.05) is 11.3 Å². The summed E-state index contributed by atoms with van der Waals surface area (Å²) >= 11 is 1.33. The molecule has 0 saturated carbocycles. The predicted molar refractivity (Wildman–Crippen MR) is 76.8 cm³/mol. The summed E-state index contributed by atoms with van der Waals surface area (Å²) in [6.07, 6.45) is 1.93. The third-order valence-corrected chi connectivity index (χ3v) is 4.33. The topological polar surface area (TPSA) is 80.5 Å². The number of anilines is 2. The Kier molecular flexibility index (Phi) is 4.60. The number of nitrogens with zero attached hydrogens (tertiary/aromatic N) is 2. The van der Waals surface area contributed by atoms with E-state index in [4.69, 9.17) is 10.5 Å². The molecule has 0 aromatic carbocycles. The molecule has 0 spiro atoms. The molecule has 106 valence electrons. The second-order valence-corrected chi connectivity index (χ2v) is 5.59. The fraction of sp³-hybridized carbons (Fsp3) is 0.667. The molecular formula is C12H20N4O2S. The largest absolute Gasteiger partial charge is 0.382 e. The number of hydrogen-bond donors (Lipinski definition) is 2. The van der Waals surface area contributed by atoms with Crippen molar-refractivity contribution in [1.29, 1.82) is 0 Å². The van der Waals surface area contributed by atoms with Crippen LogP contribution in [0.25, 0.3) is 0 Å². The van der Waals surface area contributed by atoms with Gasteiger partial charge in [-0.15, -0.1) is 0 Å². The second-order valence-electron chi connectivity index (χ2n) is 4.61.